The van der Waals surface area contributed by atoms with Crippen LogP contribution in [0.15, 0.2) is 16.6 Å². The van der Waals surface area contributed by atoms with Crippen LogP contribution in [0.2, 0.25) is 0 Å². The van der Waals surface area contributed by atoms with Crippen molar-refractivity contribution in [3.8, 4) is 0 Å². The van der Waals surface area contributed by atoms with Crippen molar-refractivity contribution in [3.05, 3.63) is 21.9 Å². The first-order chi connectivity index (χ1) is 7.93. The van der Waals surface area contributed by atoms with E-state index in [9.17, 15) is 18.0 Å². The lowest BCUT2D eigenvalue weighted by Gasteiger charge is -2.13. The third-order valence-electron chi connectivity index (χ3n) is 2.41. The van der Waals surface area contributed by atoms with Crippen molar-refractivity contribution in [2.24, 2.45) is 5.16 Å². The summed E-state index contributed by atoms with van der Waals surface area (Å²) in [7, 11) is 0. The van der Waals surface area contributed by atoms with E-state index in [1.807, 2.05) is 5.32 Å². The normalized spacial score (nSPS) is 21.6. The Hall–Kier alpha value is -1.57. The number of hydrogen-bond donors (Lipinski definition) is 2. The van der Waals surface area contributed by atoms with Gasteiger partial charge in [0.2, 0.25) is 0 Å². The molecule has 0 aliphatic heterocycles. The third kappa shape index (κ3) is 2.12. The number of thiophene rings is 1. The van der Waals surface area contributed by atoms with Crippen LogP contribution in [0.1, 0.15) is 22.9 Å². The Balaban J connectivity index is 2.19. The van der Waals surface area contributed by atoms with Crippen LogP contribution in [0.25, 0.3) is 0 Å². The van der Waals surface area contributed by atoms with Crippen LogP contribution in [-0.4, -0.2) is 23.0 Å². The molecule has 0 spiro atoms. The maximum absolute atomic E-state index is 12.1. The summed E-state index contributed by atoms with van der Waals surface area (Å²) in [5, 5.41) is 15.3. The fourth-order valence-corrected chi connectivity index (χ4v) is 2.64. The molecule has 0 saturated heterocycles. The van der Waals surface area contributed by atoms with Crippen LogP contribution in [0.3, 0.4) is 0 Å². The van der Waals surface area contributed by atoms with E-state index >= 15 is 0 Å². The minimum Gasteiger partial charge on any atom is -0.411 e. The monoisotopic (exact) mass is 264 g/mol. The number of halogens is 3. The molecule has 1 unspecified atom stereocenters. The van der Waals surface area contributed by atoms with E-state index in [4.69, 9.17) is 5.21 Å². The molecule has 92 valence electrons. The van der Waals surface area contributed by atoms with E-state index in [1.54, 1.807) is 11.4 Å². The second-order valence-corrected chi connectivity index (χ2v) is 4.40. The zero-order valence-electron chi connectivity index (χ0n) is 8.28. The highest BCUT2D eigenvalue weighted by Crippen LogP contribution is 2.35. The standard InChI is InChI=1S/C9H7F3N2O2S/c10-9(11,12)8(15)13-5-3-6(14-16)7-4(5)1-2-17-7/h1-2,5,16H,3H2,(H,13,15). The number of rotatable bonds is 1. The smallest absolute Gasteiger partial charge is 0.411 e. The van der Waals surface area contributed by atoms with E-state index in [0.717, 1.165) is 0 Å². The van der Waals surface area contributed by atoms with Gasteiger partial charge in [-0.2, -0.15) is 13.2 Å². The van der Waals surface area contributed by atoms with Gasteiger partial charge in [0.1, 0.15) is 0 Å². The minimum atomic E-state index is -4.91. The predicted octanol–water partition coefficient (Wildman–Crippen LogP) is 2.05. The number of alkyl halides is 3. The van der Waals surface area contributed by atoms with Crippen LogP contribution >= 0.6 is 11.3 Å². The van der Waals surface area contributed by atoms with Gasteiger partial charge in [0, 0.05) is 6.42 Å². The van der Waals surface area contributed by atoms with Crippen molar-refractivity contribution in [3.63, 3.8) is 0 Å². The Morgan fingerprint density at radius 1 is 1.59 bits per heavy atom. The van der Waals surface area contributed by atoms with Gasteiger partial charge in [-0.05, 0) is 17.0 Å². The minimum absolute atomic E-state index is 0.0698. The first-order valence-corrected chi connectivity index (χ1v) is 5.48. The number of fused-ring (bicyclic) bond motifs is 1. The number of amides is 1. The van der Waals surface area contributed by atoms with Gasteiger partial charge in [0.25, 0.3) is 0 Å². The topological polar surface area (TPSA) is 61.7 Å². The average Bonchev–Trinajstić information content (AvgIpc) is 2.79. The van der Waals surface area contributed by atoms with Crippen molar-refractivity contribution in [2.75, 3.05) is 0 Å². The summed E-state index contributed by atoms with van der Waals surface area (Å²) in [5.74, 6) is -1.99. The lowest BCUT2D eigenvalue weighted by Crippen LogP contribution is -2.38. The molecule has 0 saturated carbocycles. The molecule has 0 fully saturated rings. The van der Waals surface area contributed by atoms with Gasteiger partial charge in [-0.3, -0.25) is 4.79 Å². The van der Waals surface area contributed by atoms with Gasteiger partial charge in [-0.15, -0.1) is 11.3 Å². The van der Waals surface area contributed by atoms with Gasteiger partial charge in [0.05, 0.1) is 16.6 Å². The number of nitrogens with zero attached hydrogens (tertiary/aromatic N) is 1. The Morgan fingerprint density at radius 2 is 2.29 bits per heavy atom. The predicted molar refractivity (Wildman–Crippen MR) is 54.2 cm³/mol. The van der Waals surface area contributed by atoms with Crippen LogP contribution in [0, 0.1) is 0 Å². The second-order valence-electron chi connectivity index (χ2n) is 3.48. The first kappa shape index (κ1) is 11.9. The summed E-state index contributed by atoms with van der Waals surface area (Å²) in [6.07, 6.45) is -4.84. The second kappa shape index (κ2) is 4.02. The summed E-state index contributed by atoms with van der Waals surface area (Å²) in [6, 6.07) is 0.829. The van der Waals surface area contributed by atoms with Crippen molar-refractivity contribution in [1.29, 1.82) is 0 Å². The van der Waals surface area contributed by atoms with Crippen LogP contribution < -0.4 is 5.32 Å². The lowest BCUT2D eigenvalue weighted by atomic mass is 10.2. The van der Waals surface area contributed by atoms with Crippen molar-refractivity contribution < 1.29 is 23.2 Å². The zero-order valence-corrected chi connectivity index (χ0v) is 9.10. The Kier molecular flexibility index (Phi) is 2.82. The molecule has 1 heterocycles. The molecule has 4 nitrogen and oxygen atoms in total. The summed E-state index contributed by atoms with van der Waals surface area (Å²) >= 11 is 1.26. The number of oxime groups is 1. The average molecular weight is 264 g/mol. The number of carbonyl (C=O) groups excluding carboxylic acids is 1. The highest BCUT2D eigenvalue weighted by molar-refractivity contribution is 7.12. The third-order valence-corrected chi connectivity index (χ3v) is 3.39. The van der Waals surface area contributed by atoms with Crippen LogP contribution in [0.4, 0.5) is 13.2 Å². The van der Waals surface area contributed by atoms with Crippen molar-refractivity contribution in [2.45, 2.75) is 18.6 Å². The van der Waals surface area contributed by atoms with Gasteiger partial charge in [-0.25, -0.2) is 0 Å². The fraction of sp³-hybridized carbons (Fsp3) is 0.333. The molecule has 2 rings (SSSR count). The highest BCUT2D eigenvalue weighted by Gasteiger charge is 2.41. The number of carbonyl (C=O) groups is 1. The Bertz CT molecular complexity index is 481. The maximum Gasteiger partial charge on any atom is 0.471 e. The van der Waals surface area contributed by atoms with Gasteiger partial charge >= 0.3 is 12.1 Å². The molecule has 0 aromatic carbocycles. The molecule has 1 aliphatic carbocycles. The zero-order chi connectivity index (χ0) is 12.6. The fourth-order valence-electron chi connectivity index (χ4n) is 1.68. The molecule has 1 atom stereocenters. The Morgan fingerprint density at radius 3 is 2.88 bits per heavy atom. The number of hydrogen-bond acceptors (Lipinski definition) is 4. The molecule has 17 heavy (non-hydrogen) atoms. The maximum atomic E-state index is 12.1. The van der Waals surface area contributed by atoms with Crippen LogP contribution in [0.5, 0.6) is 0 Å². The van der Waals surface area contributed by atoms with Gasteiger partial charge in [0.15, 0.2) is 0 Å². The lowest BCUT2D eigenvalue weighted by molar-refractivity contribution is -0.174. The summed E-state index contributed by atoms with van der Waals surface area (Å²) in [6.45, 7) is 0. The van der Waals surface area contributed by atoms with Crippen LogP contribution in [-0.2, 0) is 4.79 Å². The largest absolute Gasteiger partial charge is 0.471 e. The summed E-state index contributed by atoms with van der Waals surface area (Å²) in [4.78, 5) is 11.4. The van der Waals surface area contributed by atoms with Crippen molar-refractivity contribution in [1.82, 2.24) is 5.32 Å². The van der Waals surface area contributed by atoms with Crippen molar-refractivity contribution >= 4 is 23.0 Å². The molecule has 0 bridgehead atoms. The molecule has 1 amide bonds. The number of nitrogens with one attached hydrogen (secondary N) is 1. The van der Waals surface area contributed by atoms with E-state index in [-0.39, 0.29) is 6.42 Å². The van der Waals surface area contributed by atoms with E-state index in [0.29, 0.717) is 16.2 Å². The van der Waals surface area contributed by atoms with E-state index in [1.165, 1.54) is 11.3 Å². The Labute approximate surface area is 97.7 Å². The van der Waals surface area contributed by atoms with E-state index < -0.39 is 18.1 Å². The van der Waals surface area contributed by atoms with E-state index in [2.05, 4.69) is 5.16 Å². The molecule has 1 aromatic rings. The molecule has 2 N–H and O–H groups in total. The summed E-state index contributed by atoms with van der Waals surface area (Å²) < 4.78 is 36.3. The SMILES string of the molecule is O=C(NC1CC(=NO)c2sccc21)C(F)(F)F. The molecule has 1 aliphatic rings. The summed E-state index contributed by atoms with van der Waals surface area (Å²) in [5.41, 5.74) is 0.850. The molecule has 0 radical (unpaired) electrons. The first-order valence-electron chi connectivity index (χ1n) is 4.60. The molecular formula is C9H7F3N2O2S. The molecular weight excluding hydrogens is 257 g/mol. The molecule has 8 heteroatoms. The molecule has 1 aromatic heterocycles. The van der Waals surface area contributed by atoms with Gasteiger partial charge in [-0.1, -0.05) is 5.16 Å². The highest BCUT2D eigenvalue weighted by atomic mass is 32.1. The van der Waals surface area contributed by atoms with Gasteiger partial charge < -0.3 is 10.5 Å². The quantitative estimate of drug-likeness (QED) is 0.602.